The summed E-state index contributed by atoms with van der Waals surface area (Å²) in [4.78, 5) is 15.1. The van der Waals surface area contributed by atoms with Gasteiger partial charge in [0.05, 0.1) is 25.6 Å². The Kier molecular flexibility index (Phi) is 7.40. The van der Waals surface area contributed by atoms with Gasteiger partial charge >= 0.3 is 0 Å². The molecule has 168 valence electrons. The van der Waals surface area contributed by atoms with Gasteiger partial charge < -0.3 is 19.7 Å². The first-order valence-corrected chi connectivity index (χ1v) is 11.8. The minimum Gasteiger partial charge on any atom is -0.497 e. The third-order valence-corrected chi connectivity index (χ3v) is 6.65. The van der Waals surface area contributed by atoms with Crippen molar-refractivity contribution in [3.8, 4) is 11.5 Å². The zero-order valence-corrected chi connectivity index (χ0v) is 18.9. The molecule has 0 radical (unpaired) electrons. The smallest absolute Gasteiger partial charge is 0.255 e. The summed E-state index contributed by atoms with van der Waals surface area (Å²) < 4.78 is 39.1. The number of nitrogens with one attached hydrogen (secondary N) is 2. The van der Waals surface area contributed by atoms with Crippen LogP contribution in [0.15, 0.2) is 41.3 Å². The number of amides is 1. The molecule has 8 nitrogen and oxygen atoms in total. The van der Waals surface area contributed by atoms with Crippen molar-refractivity contribution in [1.29, 1.82) is 0 Å². The summed E-state index contributed by atoms with van der Waals surface area (Å²) in [6, 6.07) is 9.85. The van der Waals surface area contributed by atoms with Gasteiger partial charge in [0.2, 0.25) is 10.0 Å². The van der Waals surface area contributed by atoms with Crippen molar-refractivity contribution in [3.63, 3.8) is 0 Å². The Labute approximate surface area is 183 Å². The van der Waals surface area contributed by atoms with E-state index < -0.39 is 15.9 Å². The first kappa shape index (κ1) is 22.9. The van der Waals surface area contributed by atoms with Crippen molar-refractivity contribution in [2.24, 2.45) is 0 Å². The average molecular weight is 448 g/mol. The molecule has 0 saturated carbocycles. The molecule has 3 rings (SSSR count). The van der Waals surface area contributed by atoms with Crippen LogP contribution in [-0.4, -0.2) is 48.2 Å². The molecule has 0 atom stereocenters. The van der Waals surface area contributed by atoms with Gasteiger partial charge in [-0.25, -0.2) is 13.1 Å². The summed E-state index contributed by atoms with van der Waals surface area (Å²) in [5.74, 6) is 0.613. The van der Waals surface area contributed by atoms with Gasteiger partial charge in [-0.3, -0.25) is 4.79 Å². The van der Waals surface area contributed by atoms with Crippen LogP contribution in [0.5, 0.6) is 11.5 Å². The maximum absolute atomic E-state index is 13.0. The fourth-order valence-electron chi connectivity index (χ4n) is 3.50. The van der Waals surface area contributed by atoms with Crippen molar-refractivity contribution in [2.45, 2.75) is 31.1 Å². The molecule has 9 heteroatoms. The van der Waals surface area contributed by atoms with Gasteiger partial charge in [-0.1, -0.05) is 6.92 Å². The van der Waals surface area contributed by atoms with Crippen LogP contribution >= 0.6 is 0 Å². The van der Waals surface area contributed by atoms with Crippen LogP contribution in [0.3, 0.4) is 0 Å². The number of hydrogen-bond donors (Lipinski definition) is 2. The number of benzene rings is 2. The van der Waals surface area contributed by atoms with Crippen molar-refractivity contribution >= 4 is 27.3 Å². The van der Waals surface area contributed by atoms with Crippen LogP contribution in [0.4, 0.5) is 11.4 Å². The van der Waals surface area contributed by atoms with Crippen LogP contribution in [0.2, 0.25) is 0 Å². The van der Waals surface area contributed by atoms with Crippen LogP contribution in [0.25, 0.3) is 0 Å². The molecular formula is C22H29N3O5S. The normalized spacial score (nSPS) is 13.8. The monoisotopic (exact) mass is 447 g/mol. The molecule has 2 aromatic carbocycles. The topological polar surface area (TPSA) is 97.0 Å². The lowest BCUT2D eigenvalue weighted by molar-refractivity contribution is 0.102. The van der Waals surface area contributed by atoms with Crippen LogP contribution in [0.1, 0.15) is 36.5 Å². The predicted octanol–water partition coefficient (Wildman–Crippen LogP) is 3.24. The first-order valence-electron chi connectivity index (χ1n) is 10.3. The molecule has 1 fully saturated rings. The Bertz CT molecular complexity index is 1030. The number of methoxy groups -OCH3 is 2. The molecule has 0 aromatic heterocycles. The SMILES string of the molecule is CCCNS(=O)(=O)c1cc(C(=O)Nc2ccc(OC)cc2OC)ccc1N1CCCC1. The fourth-order valence-corrected chi connectivity index (χ4v) is 4.88. The molecule has 0 aliphatic carbocycles. The molecular weight excluding hydrogens is 418 g/mol. The van der Waals surface area contributed by atoms with E-state index in [9.17, 15) is 13.2 Å². The van der Waals surface area contributed by atoms with Gasteiger partial charge in [0, 0.05) is 31.3 Å². The van der Waals surface area contributed by atoms with Gasteiger partial charge in [0.15, 0.2) is 0 Å². The van der Waals surface area contributed by atoms with Gasteiger partial charge in [-0.05, 0) is 49.6 Å². The third kappa shape index (κ3) is 5.29. The largest absolute Gasteiger partial charge is 0.497 e. The maximum Gasteiger partial charge on any atom is 0.255 e. The lowest BCUT2D eigenvalue weighted by Crippen LogP contribution is -2.28. The lowest BCUT2D eigenvalue weighted by atomic mass is 10.1. The summed E-state index contributed by atoms with van der Waals surface area (Å²) in [5, 5.41) is 2.79. The molecule has 1 aliphatic heterocycles. The highest BCUT2D eigenvalue weighted by molar-refractivity contribution is 7.89. The van der Waals surface area contributed by atoms with E-state index >= 15 is 0 Å². The molecule has 31 heavy (non-hydrogen) atoms. The first-order chi connectivity index (χ1) is 14.9. The molecule has 1 aliphatic rings. The highest BCUT2D eigenvalue weighted by atomic mass is 32.2. The molecule has 0 bridgehead atoms. The Morgan fingerprint density at radius 3 is 2.45 bits per heavy atom. The summed E-state index contributed by atoms with van der Waals surface area (Å²) in [6.45, 7) is 3.83. The van der Waals surface area contributed by atoms with E-state index in [1.165, 1.54) is 13.2 Å². The van der Waals surface area contributed by atoms with Crippen molar-refractivity contribution in [1.82, 2.24) is 4.72 Å². The van der Waals surface area contributed by atoms with E-state index in [1.54, 1.807) is 37.4 Å². The molecule has 1 amide bonds. The van der Waals surface area contributed by atoms with Crippen molar-refractivity contribution in [3.05, 3.63) is 42.0 Å². The Balaban J connectivity index is 1.94. The number of carbonyl (C=O) groups excluding carboxylic acids is 1. The van der Waals surface area contributed by atoms with Crippen LogP contribution in [-0.2, 0) is 10.0 Å². The molecule has 2 aromatic rings. The number of hydrogen-bond acceptors (Lipinski definition) is 6. The zero-order chi connectivity index (χ0) is 22.4. The van der Waals surface area contributed by atoms with E-state index in [0.29, 0.717) is 35.8 Å². The van der Waals surface area contributed by atoms with Gasteiger partial charge in [-0.2, -0.15) is 0 Å². The average Bonchev–Trinajstić information content (AvgIpc) is 3.32. The summed E-state index contributed by atoms with van der Waals surface area (Å²) in [6.07, 6.45) is 2.71. The van der Waals surface area contributed by atoms with E-state index in [2.05, 4.69) is 14.9 Å². The number of rotatable bonds is 9. The number of ether oxygens (including phenoxy) is 2. The molecule has 1 heterocycles. The van der Waals surface area contributed by atoms with Gasteiger partial charge in [0.25, 0.3) is 5.91 Å². The minimum absolute atomic E-state index is 0.122. The minimum atomic E-state index is -3.75. The van der Waals surface area contributed by atoms with Crippen LogP contribution in [0, 0.1) is 0 Å². The molecule has 0 spiro atoms. The second-order valence-electron chi connectivity index (χ2n) is 7.29. The molecule has 0 unspecified atom stereocenters. The highest BCUT2D eigenvalue weighted by Crippen LogP contribution is 2.32. The zero-order valence-electron chi connectivity index (χ0n) is 18.1. The lowest BCUT2D eigenvalue weighted by Gasteiger charge is -2.22. The number of anilines is 2. The molecule has 2 N–H and O–H groups in total. The summed E-state index contributed by atoms with van der Waals surface area (Å²) >= 11 is 0. The summed E-state index contributed by atoms with van der Waals surface area (Å²) in [5.41, 5.74) is 1.34. The van der Waals surface area contributed by atoms with Gasteiger partial charge in [0.1, 0.15) is 16.4 Å². The van der Waals surface area contributed by atoms with Crippen LogP contribution < -0.4 is 24.4 Å². The fraction of sp³-hybridized carbons (Fsp3) is 0.409. The Morgan fingerprint density at radius 2 is 1.81 bits per heavy atom. The Hall–Kier alpha value is -2.78. The third-order valence-electron chi connectivity index (χ3n) is 5.16. The second kappa shape index (κ2) is 10.0. The highest BCUT2D eigenvalue weighted by Gasteiger charge is 2.25. The van der Waals surface area contributed by atoms with E-state index in [1.807, 2.05) is 6.92 Å². The van der Waals surface area contributed by atoms with E-state index in [-0.39, 0.29) is 10.5 Å². The van der Waals surface area contributed by atoms with Gasteiger partial charge in [-0.15, -0.1) is 0 Å². The quantitative estimate of drug-likeness (QED) is 0.613. The summed E-state index contributed by atoms with van der Waals surface area (Å²) in [7, 11) is -0.710. The molecule has 1 saturated heterocycles. The predicted molar refractivity (Wildman–Crippen MR) is 121 cm³/mol. The number of carbonyl (C=O) groups is 1. The van der Waals surface area contributed by atoms with Crippen molar-refractivity contribution in [2.75, 3.05) is 44.1 Å². The number of sulfonamides is 1. The number of nitrogens with zero attached hydrogens (tertiary/aromatic N) is 1. The maximum atomic E-state index is 13.0. The van der Waals surface area contributed by atoms with E-state index in [4.69, 9.17) is 9.47 Å². The van der Waals surface area contributed by atoms with E-state index in [0.717, 1.165) is 25.9 Å². The standard InChI is InChI=1S/C22H29N3O5S/c1-4-11-23-31(27,28)21-14-16(7-10-19(21)25-12-5-6-13-25)22(26)24-18-9-8-17(29-2)15-20(18)30-3/h7-10,14-15,23H,4-6,11-13H2,1-3H3,(H,24,26). The second-order valence-corrected chi connectivity index (χ2v) is 9.03. The Morgan fingerprint density at radius 1 is 1.06 bits per heavy atom. The van der Waals surface area contributed by atoms with Crippen molar-refractivity contribution < 1.29 is 22.7 Å².